The fourth-order valence-electron chi connectivity index (χ4n) is 2.04. The molecule has 98 valence electrons. The zero-order chi connectivity index (χ0) is 12.8. The predicted molar refractivity (Wildman–Crippen MR) is 74.0 cm³/mol. The lowest BCUT2D eigenvalue weighted by atomic mass is 10.1. The van der Waals surface area contributed by atoms with Gasteiger partial charge in [0, 0.05) is 24.5 Å². The fourth-order valence-corrected chi connectivity index (χ4v) is 2.04. The molecule has 0 unspecified atom stereocenters. The summed E-state index contributed by atoms with van der Waals surface area (Å²) in [4.78, 5) is 11.8. The Morgan fingerprint density at radius 1 is 1.17 bits per heavy atom. The molecule has 1 aromatic rings. The molecule has 1 aliphatic rings. The first kappa shape index (κ1) is 12.7. The molecular formula is C13H20N4O. The third-order valence-corrected chi connectivity index (χ3v) is 3.11. The first-order valence-corrected chi connectivity index (χ1v) is 6.34. The largest absolute Gasteiger partial charge is 0.388 e. The quantitative estimate of drug-likeness (QED) is 0.657. The number of amides is 2. The number of carbonyl (C=O) groups is 1. The second-order valence-electron chi connectivity index (χ2n) is 4.45. The molecule has 18 heavy (non-hydrogen) atoms. The number of hydrogen-bond donors (Lipinski definition) is 4. The molecule has 0 atom stereocenters. The molecule has 1 aromatic carbocycles. The maximum Gasteiger partial charge on any atom is 0.319 e. The van der Waals surface area contributed by atoms with E-state index >= 15 is 0 Å². The van der Waals surface area contributed by atoms with Gasteiger partial charge in [-0.1, -0.05) is 0 Å². The SMILES string of the molecule is CNc1ccc(NC(=O)NC2CCNCC2)cc1. The predicted octanol–water partition coefficient (Wildman–Crippen LogP) is 1.60. The molecule has 1 aliphatic heterocycles. The molecule has 0 spiro atoms. The number of nitrogens with one attached hydrogen (secondary N) is 4. The molecule has 4 N–H and O–H groups in total. The van der Waals surface area contributed by atoms with Crippen LogP contribution in [0.5, 0.6) is 0 Å². The van der Waals surface area contributed by atoms with Gasteiger partial charge in [-0.3, -0.25) is 0 Å². The van der Waals surface area contributed by atoms with Gasteiger partial charge in [0.1, 0.15) is 0 Å². The van der Waals surface area contributed by atoms with E-state index in [9.17, 15) is 4.79 Å². The standard InChI is InChI=1S/C13H20N4O/c1-14-10-2-4-11(5-3-10)16-13(18)17-12-6-8-15-9-7-12/h2-5,12,14-15H,6-9H2,1H3,(H2,16,17,18). The minimum Gasteiger partial charge on any atom is -0.388 e. The van der Waals surface area contributed by atoms with Gasteiger partial charge in [0.25, 0.3) is 0 Å². The van der Waals surface area contributed by atoms with Crippen molar-refractivity contribution >= 4 is 17.4 Å². The van der Waals surface area contributed by atoms with E-state index in [4.69, 9.17) is 0 Å². The molecule has 1 saturated heterocycles. The zero-order valence-corrected chi connectivity index (χ0v) is 10.6. The number of anilines is 2. The van der Waals surface area contributed by atoms with Gasteiger partial charge in [-0.2, -0.15) is 0 Å². The van der Waals surface area contributed by atoms with E-state index < -0.39 is 0 Å². The minimum absolute atomic E-state index is 0.126. The zero-order valence-electron chi connectivity index (χ0n) is 10.6. The van der Waals surface area contributed by atoms with Crippen LogP contribution in [-0.4, -0.2) is 32.2 Å². The van der Waals surface area contributed by atoms with Crippen molar-refractivity contribution < 1.29 is 4.79 Å². The second kappa shape index (κ2) is 6.26. The van der Waals surface area contributed by atoms with Crippen molar-refractivity contribution in [1.82, 2.24) is 10.6 Å². The van der Waals surface area contributed by atoms with E-state index in [2.05, 4.69) is 21.3 Å². The van der Waals surface area contributed by atoms with Crippen LogP contribution < -0.4 is 21.3 Å². The topological polar surface area (TPSA) is 65.2 Å². The van der Waals surface area contributed by atoms with E-state index in [1.54, 1.807) is 0 Å². The molecule has 0 saturated carbocycles. The summed E-state index contributed by atoms with van der Waals surface area (Å²) in [5.41, 5.74) is 1.83. The Kier molecular flexibility index (Phi) is 4.41. The first-order valence-electron chi connectivity index (χ1n) is 6.34. The number of hydrogen-bond acceptors (Lipinski definition) is 3. The van der Waals surface area contributed by atoms with Gasteiger partial charge in [-0.05, 0) is 50.2 Å². The Bertz CT molecular complexity index is 384. The average Bonchev–Trinajstić information content (AvgIpc) is 2.40. The molecule has 0 aliphatic carbocycles. The highest BCUT2D eigenvalue weighted by Gasteiger charge is 2.14. The summed E-state index contributed by atoms with van der Waals surface area (Å²) < 4.78 is 0. The van der Waals surface area contributed by atoms with Gasteiger partial charge in [-0.25, -0.2) is 4.79 Å². The van der Waals surface area contributed by atoms with Gasteiger partial charge in [-0.15, -0.1) is 0 Å². The van der Waals surface area contributed by atoms with Crippen LogP contribution in [0.2, 0.25) is 0 Å². The summed E-state index contributed by atoms with van der Waals surface area (Å²) >= 11 is 0. The Balaban J connectivity index is 1.82. The van der Waals surface area contributed by atoms with Gasteiger partial charge >= 0.3 is 6.03 Å². The monoisotopic (exact) mass is 248 g/mol. The lowest BCUT2D eigenvalue weighted by molar-refractivity contribution is 0.245. The van der Waals surface area contributed by atoms with E-state index in [0.29, 0.717) is 0 Å². The number of carbonyl (C=O) groups excluding carboxylic acids is 1. The molecule has 0 bridgehead atoms. The second-order valence-corrected chi connectivity index (χ2v) is 4.45. The normalized spacial score (nSPS) is 16.1. The van der Waals surface area contributed by atoms with E-state index in [0.717, 1.165) is 37.3 Å². The minimum atomic E-state index is -0.126. The van der Waals surface area contributed by atoms with Crippen molar-refractivity contribution in [2.75, 3.05) is 30.8 Å². The van der Waals surface area contributed by atoms with Gasteiger partial charge in [0.2, 0.25) is 0 Å². The van der Waals surface area contributed by atoms with Gasteiger partial charge in [0.15, 0.2) is 0 Å². The molecule has 2 rings (SSSR count). The van der Waals surface area contributed by atoms with Crippen molar-refractivity contribution in [2.24, 2.45) is 0 Å². The van der Waals surface area contributed by atoms with Crippen molar-refractivity contribution in [2.45, 2.75) is 18.9 Å². The van der Waals surface area contributed by atoms with Crippen LogP contribution in [0, 0.1) is 0 Å². The third-order valence-electron chi connectivity index (χ3n) is 3.11. The molecule has 0 aromatic heterocycles. The lowest BCUT2D eigenvalue weighted by Crippen LogP contribution is -2.44. The summed E-state index contributed by atoms with van der Waals surface area (Å²) in [7, 11) is 1.87. The lowest BCUT2D eigenvalue weighted by Gasteiger charge is -2.23. The third kappa shape index (κ3) is 3.63. The van der Waals surface area contributed by atoms with Gasteiger partial charge in [0.05, 0.1) is 0 Å². The van der Waals surface area contributed by atoms with Crippen molar-refractivity contribution in [3.63, 3.8) is 0 Å². The Morgan fingerprint density at radius 3 is 2.39 bits per heavy atom. The van der Waals surface area contributed by atoms with E-state index in [1.165, 1.54) is 0 Å². The summed E-state index contributed by atoms with van der Waals surface area (Å²) in [6, 6.07) is 7.78. The number of urea groups is 1. The van der Waals surface area contributed by atoms with Crippen molar-refractivity contribution in [3.8, 4) is 0 Å². The van der Waals surface area contributed by atoms with Crippen LogP contribution in [0.25, 0.3) is 0 Å². The highest BCUT2D eigenvalue weighted by Crippen LogP contribution is 2.12. The smallest absolute Gasteiger partial charge is 0.319 e. The molecule has 5 nitrogen and oxygen atoms in total. The summed E-state index contributed by atoms with van der Waals surface area (Å²) in [5.74, 6) is 0. The summed E-state index contributed by atoms with van der Waals surface area (Å²) in [5, 5.41) is 12.1. The van der Waals surface area contributed by atoms with E-state index in [-0.39, 0.29) is 12.1 Å². The molecule has 5 heteroatoms. The maximum atomic E-state index is 11.8. The number of rotatable bonds is 3. The highest BCUT2D eigenvalue weighted by molar-refractivity contribution is 5.89. The van der Waals surface area contributed by atoms with Crippen LogP contribution in [0.15, 0.2) is 24.3 Å². The molecular weight excluding hydrogens is 228 g/mol. The highest BCUT2D eigenvalue weighted by atomic mass is 16.2. The molecule has 2 amide bonds. The van der Waals surface area contributed by atoms with Crippen LogP contribution in [0.3, 0.4) is 0 Å². The Labute approximate surface area is 107 Å². The Hall–Kier alpha value is -1.75. The van der Waals surface area contributed by atoms with Crippen LogP contribution in [-0.2, 0) is 0 Å². The van der Waals surface area contributed by atoms with Crippen LogP contribution in [0.4, 0.5) is 16.2 Å². The average molecular weight is 248 g/mol. The van der Waals surface area contributed by atoms with Crippen LogP contribution >= 0.6 is 0 Å². The molecule has 0 radical (unpaired) electrons. The number of piperidine rings is 1. The Morgan fingerprint density at radius 2 is 1.78 bits per heavy atom. The molecule has 1 heterocycles. The number of benzene rings is 1. The molecule has 1 fully saturated rings. The summed E-state index contributed by atoms with van der Waals surface area (Å²) in [6.45, 7) is 1.95. The van der Waals surface area contributed by atoms with Crippen LogP contribution in [0.1, 0.15) is 12.8 Å². The summed E-state index contributed by atoms with van der Waals surface area (Å²) in [6.07, 6.45) is 1.98. The van der Waals surface area contributed by atoms with Crippen molar-refractivity contribution in [1.29, 1.82) is 0 Å². The fraction of sp³-hybridized carbons (Fsp3) is 0.462. The van der Waals surface area contributed by atoms with Gasteiger partial charge < -0.3 is 21.3 Å². The van der Waals surface area contributed by atoms with E-state index in [1.807, 2.05) is 31.3 Å². The van der Waals surface area contributed by atoms with Crippen molar-refractivity contribution in [3.05, 3.63) is 24.3 Å². The first-order chi connectivity index (χ1) is 8.78. The maximum absolute atomic E-state index is 11.8.